The minimum atomic E-state index is -0.940. The first-order chi connectivity index (χ1) is 9.92. The van der Waals surface area contributed by atoms with E-state index >= 15 is 0 Å². The molecule has 2 rings (SSSR count). The molecular weight excluding hydrogens is 360 g/mol. The summed E-state index contributed by atoms with van der Waals surface area (Å²) in [5.74, 6) is -1.84. The maximum atomic E-state index is 13.6. The van der Waals surface area contributed by atoms with Crippen molar-refractivity contribution in [2.24, 2.45) is 0 Å². The van der Waals surface area contributed by atoms with Crippen molar-refractivity contribution in [1.82, 2.24) is 5.32 Å². The summed E-state index contributed by atoms with van der Waals surface area (Å²) in [6.07, 6.45) is 0. The van der Waals surface area contributed by atoms with Crippen LogP contribution in [0.4, 0.5) is 8.78 Å². The van der Waals surface area contributed by atoms with Crippen LogP contribution in [-0.4, -0.2) is 6.54 Å². The van der Waals surface area contributed by atoms with Crippen molar-refractivity contribution in [2.75, 3.05) is 6.54 Å². The summed E-state index contributed by atoms with van der Waals surface area (Å²) in [4.78, 5) is 0. The number of hydrogen-bond donors (Lipinski definition) is 1. The topological polar surface area (TPSA) is 12.0 Å². The molecule has 0 spiro atoms. The molecule has 0 saturated heterocycles. The standard InChI is InChI=1S/C16H15BrClF2N/c1-3-21-16(10-4-9(2)5-11(17)6-10)12-7-14(19)15(20)8-13(12)18/h4-8,16,21H,3H2,1-2H3. The maximum absolute atomic E-state index is 13.6. The van der Waals surface area contributed by atoms with E-state index < -0.39 is 11.6 Å². The van der Waals surface area contributed by atoms with Gasteiger partial charge in [0.2, 0.25) is 0 Å². The van der Waals surface area contributed by atoms with Crippen molar-refractivity contribution in [3.05, 3.63) is 68.2 Å². The Kier molecular flexibility index (Phi) is 5.36. The van der Waals surface area contributed by atoms with Crippen LogP contribution in [0.3, 0.4) is 0 Å². The molecule has 0 heterocycles. The van der Waals surface area contributed by atoms with Crippen LogP contribution < -0.4 is 5.32 Å². The fourth-order valence-electron chi connectivity index (χ4n) is 2.30. The van der Waals surface area contributed by atoms with Gasteiger partial charge in [0.1, 0.15) is 0 Å². The van der Waals surface area contributed by atoms with Crippen LogP contribution in [0.5, 0.6) is 0 Å². The Morgan fingerprint density at radius 2 is 1.81 bits per heavy atom. The second-order valence-electron chi connectivity index (χ2n) is 4.84. The van der Waals surface area contributed by atoms with Crippen molar-refractivity contribution in [2.45, 2.75) is 19.9 Å². The van der Waals surface area contributed by atoms with E-state index in [0.29, 0.717) is 12.1 Å². The molecule has 5 heteroatoms. The number of nitrogens with one attached hydrogen (secondary N) is 1. The van der Waals surface area contributed by atoms with Gasteiger partial charge in [0.05, 0.1) is 6.04 Å². The lowest BCUT2D eigenvalue weighted by atomic mass is 9.97. The maximum Gasteiger partial charge on any atom is 0.160 e. The van der Waals surface area contributed by atoms with Crippen molar-refractivity contribution in [3.8, 4) is 0 Å². The lowest BCUT2D eigenvalue weighted by Gasteiger charge is -2.21. The van der Waals surface area contributed by atoms with Crippen LogP contribution in [0.1, 0.15) is 29.7 Å². The first kappa shape index (κ1) is 16.4. The third kappa shape index (κ3) is 3.82. The highest BCUT2D eigenvalue weighted by Gasteiger charge is 2.19. The van der Waals surface area contributed by atoms with Crippen molar-refractivity contribution in [1.29, 1.82) is 0 Å². The highest BCUT2D eigenvalue weighted by molar-refractivity contribution is 9.10. The first-order valence-electron chi connectivity index (χ1n) is 6.57. The molecule has 0 fully saturated rings. The molecule has 0 bridgehead atoms. The summed E-state index contributed by atoms with van der Waals surface area (Å²) in [6.45, 7) is 4.60. The normalized spacial score (nSPS) is 12.5. The van der Waals surface area contributed by atoms with E-state index in [4.69, 9.17) is 11.6 Å². The lowest BCUT2D eigenvalue weighted by molar-refractivity contribution is 0.504. The van der Waals surface area contributed by atoms with E-state index in [2.05, 4.69) is 21.2 Å². The predicted molar refractivity (Wildman–Crippen MR) is 85.8 cm³/mol. The van der Waals surface area contributed by atoms with Gasteiger partial charge in [-0.15, -0.1) is 0 Å². The van der Waals surface area contributed by atoms with Gasteiger partial charge < -0.3 is 5.32 Å². The van der Waals surface area contributed by atoms with Gasteiger partial charge in [-0.3, -0.25) is 0 Å². The Morgan fingerprint density at radius 3 is 2.43 bits per heavy atom. The van der Waals surface area contributed by atoms with Gasteiger partial charge in [0.25, 0.3) is 0 Å². The molecule has 0 radical (unpaired) electrons. The average Bonchev–Trinajstić information content (AvgIpc) is 2.39. The lowest BCUT2D eigenvalue weighted by Crippen LogP contribution is -2.22. The van der Waals surface area contributed by atoms with Gasteiger partial charge >= 0.3 is 0 Å². The fourth-order valence-corrected chi connectivity index (χ4v) is 3.19. The van der Waals surface area contributed by atoms with E-state index in [0.717, 1.165) is 27.7 Å². The molecule has 0 aliphatic rings. The number of benzene rings is 2. The molecule has 0 aliphatic heterocycles. The number of hydrogen-bond acceptors (Lipinski definition) is 1. The summed E-state index contributed by atoms with van der Waals surface area (Å²) >= 11 is 9.56. The summed E-state index contributed by atoms with van der Waals surface area (Å²) in [7, 11) is 0. The molecule has 0 aliphatic carbocycles. The van der Waals surface area contributed by atoms with Crippen molar-refractivity contribution in [3.63, 3.8) is 0 Å². The zero-order chi connectivity index (χ0) is 15.6. The molecule has 2 aromatic rings. The largest absolute Gasteiger partial charge is 0.306 e. The van der Waals surface area contributed by atoms with Gasteiger partial charge in [-0.2, -0.15) is 0 Å². The van der Waals surface area contributed by atoms with E-state index in [1.807, 2.05) is 32.0 Å². The zero-order valence-corrected chi connectivity index (χ0v) is 14.0. The van der Waals surface area contributed by atoms with Crippen LogP contribution >= 0.6 is 27.5 Å². The molecule has 1 N–H and O–H groups in total. The van der Waals surface area contributed by atoms with Gasteiger partial charge in [-0.25, -0.2) is 8.78 Å². The zero-order valence-electron chi connectivity index (χ0n) is 11.7. The third-order valence-electron chi connectivity index (χ3n) is 3.16. The van der Waals surface area contributed by atoms with Gasteiger partial charge in [-0.1, -0.05) is 40.5 Å². The monoisotopic (exact) mass is 373 g/mol. The number of halogens is 4. The smallest absolute Gasteiger partial charge is 0.160 e. The van der Waals surface area contributed by atoms with E-state index in [-0.39, 0.29) is 11.1 Å². The molecule has 0 saturated carbocycles. The molecule has 2 aromatic carbocycles. The molecular formula is C16H15BrClF2N. The van der Waals surface area contributed by atoms with E-state index in [9.17, 15) is 8.78 Å². The van der Waals surface area contributed by atoms with Crippen LogP contribution in [0.25, 0.3) is 0 Å². The SMILES string of the molecule is CCNC(c1cc(C)cc(Br)c1)c1cc(F)c(F)cc1Cl. The molecule has 1 nitrogen and oxygen atoms in total. The fraction of sp³-hybridized carbons (Fsp3) is 0.250. The Bertz CT molecular complexity index is 641. The summed E-state index contributed by atoms with van der Waals surface area (Å²) in [5, 5.41) is 3.47. The third-order valence-corrected chi connectivity index (χ3v) is 3.94. The Hall–Kier alpha value is -0.970. The highest BCUT2D eigenvalue weighted by Crippen LogP contribution is 2.32. The second-order valence-corrected chi connectivity index (χ2v) is 6.16. The quantitative estimate of drug-likeness (QED) is 0.708. The predicted octanol–water partition coefficient (Wildman–Crippen LogP) is 5.39. The van der Waals surface area contributed by atoms with Crippen molar-refractivity contribution >= 4 is 27.5 Å². The van der Waals surface area contributed by atoms with Gasteiger partial charge in [0.15, 0.2) is 11.6 Å². The Morgan fingerprint density at radius 1 is 1.14 bits per heavy atom. The summed E-state index contributed by atoms with van der Waals surface area (Å²) in [6, 6.07) is 7.80. The number of rotatable bonds is 4. The van der Waals surface area contributed by atoms with Crippen LogP contribution in [0.15, 0.2) is 34.8 Å². The van der Waals surface area contributed by atoms with Crippen LogP contribution in [-0.2, 0) is 0 Å². The minimum absolute atomic E-state index is 0.206. The molecule has 0 amide bonds. The number of aryl methyl sites for hydroxylation is 1. The second kappa shape index (κ2) is 6.86. The Balaban J connectivity index is 2.55. The minimum Gasteiger partial charge on any atom is -0.306 e. The Labute approximate surface area is 136 Å². The van der Waals surface area contributed by atoms with Crippen LogP contribution in [0, 0.1) is 18.6 Å². The molecule has 112 valence electrons. The summed E-state index contributed by atoms with van der Waals surface area (Å²) < 4.78 is 27.7. The van der Waals surface area contributed by atoms with E-state index in [1.165, 1.54) is 0 Å². The van der Waals surface area contributed by atoms with Gasteiger partial charge in [-0.05, 0) is 54.4 Å². The molecule has 21 heavy (non-hydrogen) atoms. The molecule has 0 aromatic heterocycles. The molecule has 1 unspecified atom stereocenters. The first-order valence-corrected chi connectivity index (χ1v) is 7.74. The van der Waals surface area contributed by atoms with Crippen LogP contribution in [0.2, 0.25) is 5.02 Å². The van der Waals surface area contributed by atoms with Gasteiger partial charge in [0, 0.05) is 9.50 Å². The van der Waals surface area contributed by atoms with E-state index in [1.54, 1.807) is 0 Å². The molecule has 1 atom stereocenters. The summed E-state index contributed by atoms with van der Waals surface area (Å²) in [5.41, 5.74) is 2.53. The van der Waals surface area contributed by atoms with Crippen molar-refractivity contribution < 1.29 is 8.78 Å². The average molecular weight is 375 g/mol. The highest BCUT2D eigenvalue weighted by atomic mass is 79.9.